The summed E-state index contributed by atoms with van der Waals surface area (Å²) in [6, 6.07) is 0. The number of unbranched alkanes of at least 4 members (excludes halogenated alkanes) is 33. The third kappa shape index (κ3) is 52.3. The van der Waals surface area contributed by atoms with E-state index < -0.39 is 6.10 Å². The third-order valence-corrected chi connectivity index (χ3v) is 12.5. The van der Waals surface area contributed by atoms with Crippen LogP contribution in [-0.4, -0.2) is 37.2 Å². The molecule has 0 rings (SSSR count). The number of hydrogen-bond acceptors (Lipinski definition) is 6. The second-order valence-corrected chi connectivity index (χ2v) is 19.2. The van der Waals surface area contributed by atoms with Crippen LogP contribution in [0.1, 0.15) is 297 Å². The van der Waals surface area contributed by atoms with E-state index in [0.29, 0.717) is 19.3 Å². The van der Waals surface area contributed by atoms with E-state index in [1.54, 1.807) is 0 Å². The first-order valence-corrected chi connectivity index (χ1v) is 28.6. The van der Waals surface area contributed by atoms with Gasteiger partial charge in [-0.25, -0.2) is 0 Å². The van der Waals surface area contributed by atoms with Crippen LogP contribution >= 0.6 is 0 Å². The summed E-state index contributed by atoms with van der Waals surface area (Å²) in [6.45, 7) is 6.61. The van der Waals surface area contributed by atoms with E-state index in [1.165, 1.54) is 173 Å². The molecule has 0 aliphatic rings. The highest BCUT2D eigenvalue weighted by atomic mass is 16.6. The molecule has 0 aromatic carbocycles. The first-order chi connectivity index (χ1) is 32.5. The lowest BCUT2D eigenvalue weighted by molar-refractivity contribution is -0.167. The molecule has 6 nitrogen and oxygen atoms in total. The molecular weight excluding hydrogens is 817 g/mol. The first kappa shape index (κ1) is 63.4. The van der Waals surface area contributed by atoms with E-state index in [1.807, 2.05) is 0 Å². The zero-order valence-electron chi connectivity index (χ0n) is 44.0. The van der Waals surface area contributed by atoms with Crippen LogP contribution in [0.25, 0.3) is 0 Å². The molecule has 0 aromatic rings. The minimum Gasteiger partial charge on any atom is -0.462 e. The van der Waals surface area contributed by atoms with Crippen molar-refractivity contribution in [2.24, 2.45) is 0 Å². The van der Waals surface area contributed by atoms with Crippen LogP contribution in [0.5, 0.6) is 0 Å². The van der Waals surface area contributed by atoms with Crippen LogP contribution in [0.3, 0.4) is 0 Å². The van der Waals surface area contributed by atoms with Gasteiger partial charge in [-0.05, 0) is 103 Å². The van der Waals surface area contributed by atoms with Gasteiger partial charge < -0.3 is 14.2 Å². The summed E-state index contributed by atoms with van der Waals surface area (Å²) in [5.74, 6) is -0.889. The van der Waals surface area contributed by atoms with Gasteiger partial charge in [0, 0.05) is 19.3 Å². The average molecular weight is 926 g/mol. The summed E-state index contributed by atoms with van der Waals surface area (Å²) in [4.78, 5) is 38.1. The van der Waals surface area contributed by atoms with Crippen LogP contribution in [0.15, 0.2) is 48.6 Å². The molecule has 0 aliphatic heterocycles. The number of carbonyl (C=O) groups is 3. The largest absolute Gasteiger partial charge is 0.462 e. The van der Waals surface area contributed by atoms with Crippen molar-refractivity contribution in [1.29, 1.82) is 0 Å². The van der Waals surface area contributed by atoms with Crippen LogP contribution in [0.2, 0.25) is 0 Å². The zero-order chi connectivity index (χ0) is 47.9. The van der Waals surface area contributed by atoms with Crippen LogP contribution in [0.4, 0.5) is 0 Å². The highest BCUT2D eigenvalue weighted by molar-refractivity contribution is 5.71. The molecule has 0 fully saturated rings. The maximum absolute atomic E-state index is 12.8. The van der Waals surface area contributed by atoms with Gasteiger partial charge in [-0.15, -0.1) is 0 Å². The molecule has 0 saturated carbocycles. The van der Waals surface area contributed by atoms with E-state index >= 15 is 0 Å². The van der Waals surface area contributed by atoms with E-state index in [9.17, 15) is 14.4 Å². The number of esters is 3. The second kappa shape index (κ2) is 55.0. The molecule has 0 radical (unpaired) electrons. The van der Waals surface area contributed by atoms with E-state index in [-0.39, 0.29) is 31.1 Å². The van der Waals surface area contributed by atoms with Gasteiger partial charge in [0.25, 0.3) is 0 Å². The molecule has 0 unspecified atom stereocenters. The Bertz CT molecular complexity index is 1150. The van der Waals surface area contributed by atoms with Crippen molar-refractivity contribution in [2.45, 2.75) is 303 Å². The van der Waals surface area contributed by atoms with Gasteiger partial charge in [-0.2, -0.15) is 0 Å². The number of rotatable bonds is 52. The van der Waals surface area contributed by atoms with Gasteiger partial charge in [-0.3, -0.25) is 14.4 Å². The highest BCUT2D eigenvalue weighted by Crippen LogP contribution is 2.15. The average Bonchev–Trinajstić information content (AvgIpc) is 3.31. The van der Waals surface area contributed by atoms with Gasteiger partial charge in [-0.1, -0.05) is 223 Å². The summed E-state index contributed by atoms with van der Waals surface area (Å²) in [5, 5.41) is 0. The van der Waals surface area contributed by atoms with Crippen LogP contribution in [-0.2, 0) is 28.6 Å². The standard InChI is InChI=1S/C60H108O6/c1-4-7-10-13-16-19-22-25-27-29-30-31-33-35-38-41-44-47-50-53-59(62)65-56-57(55-64-58(61)52-49-46-43-40-37-34-24-21-18-15-12-9-6-3)66-60(63)54-51-48-45-42-39-36-32-28-26-23-20-17-14-11-8-5-2/h16,19,21,24-25,27-28,32,57H,4-15,17-18,20,22-23,26,29-31,33-56H2,1-3H3/b19-16-,24-21-,27-25-,32-28-/t57-/m1/s1. The Balaban J connectivity index is 4.36. The van der Waals surface area contributed by atoms with Gasteiger partial charge in [0.1, 0.15) is 13.2 Å². The lowest BCUT2D eigenvalue weighted by Crippen LogP contribution is -2.30. The van der Waals surface area contributed by atoms with Crippen molar-refractivity contribution < 1.29 is 28.6 Å². The monoisotopic (exact) mass is 925 g/mol. The molecule has 0 heterocycles. The van der Waals surface area contributed by atoms with Gasteiger partial charge in [0.2, 0.25) is 0 Å². The van der Waals surface area contributed by atoms with Crippen molar-refractivity contribution in [3.8, 4) is 0 Å². The van der Waals surface area contributed by atoms with Gasteiger partial charge >= 0.3 is 17.9 Å². The maximum Gasteiger partial charge on any atom is 0.306 e. The fraction of sp³-hybridized carbons (Fsp3) is 0.817. The van der Waals surface area contributed by atoms with Crippen molar-refractivity contribution in [2.75, 3.05) is 13.2 Å². The van der Waals surface area contributed by atoms with Crippen molar-refractivity contribution >= 4 is 17.9 Å². The maximum atomic E-state index is 12.8. The smallest absolute Gasteiger partial charge is 0.306 e. The fourth-order valence-electron chi connectivity index (χ4n) is 8.17. The van der Waals surface area contributed by atoms with Crippen molar-refractivity contribution in [1.82, 2.24) is 0 Å². The number of hydrogen-bond donors (Lipinski definition) is 0. The minimum absolute atomic E-state index is 0.0799. The molecule has 0 amide bonds. The zero-order valence-corrected chi connectivity index (χ0v) is 44.0. The third-order valence-electron chi connectivity index (χ3n) is 12.5. The fourth-order valence-corrected chi connectivity index (χ4v) is 8.17. The predicted molar refractivity (Wildman–Crippen MR) is 284 cm³/mol. The molecule has 0 N–H and O–H groups in total. The summed E-state index contributed by atoms with van der Waals surface area (Å²) in [5.41, 5.74) is 0. The molecular formula is C60H108O6. The Morgan fingerprint density at radius 2 is 0.545 bits per heavy atom. The molecule has 384 valence electrons. The topological polar surface area (TPSA) is 78.9 Å². The molecule has 6 heteroatoms. The van der Waals surface area contributed by atoms with Crippen LogP contribution in [0, 0.1) is 0 Å². The molecule has 1 atom stereocenters. The summed E-state index contributed by atoms with van der Waals surface area (Å²) < 4.78 is 16.8. The number of ether oxygens (including phenoxy) is 3. The summed E-state index contributed by atoms with van der Waals surface area (Å²) >= 11 is 0. The SMILES string of the molecule is CCCCC/C=C\C/C=C\CCCCCCCCCCCC(=O)OC[C@@H](COC(=O)CCCCCCC/C=C\CCCCCC)OC(=O)CCCCCCC/C=C\CCCCCCCCC. The number of carbonyl (C=O) groups excluding carboxylic acids is 3. The second-order valence-electron chi connectivity index (χ2n) is 19.2. The lowest BCUT2D eigenvalue weighted by Gasteiger charge is -2.18. The minimum atomic E-state index is -0.781. The summed E-state index contributed by atoms with van der Waals surface area (Å²) in [7, 11) is 0. The van der Waals surface area contributed by atoms with Crippen molar-refractivity contribution in [3.63, 3.8) is 0 Å². The van der Waals surface area contributed by atoms with Crippen LogP contribution < -0.4 is 0 Å². The quantitative estimate of drug-likeness (QED) is 0.0262. The highest BCUT2D eigenvalue weighted by Gasteiger charge is 2.19. The van der Waals surface area contributed by atoms with Crippen molar-refractivity contribution in [3.05, 3.63) is 48.6 Å². The molecule has 0 saturated heterocycles. The molecule has 0 aliphatic carbocycles. The molecule has 0 aromatic heterocycles. The Morgan fingerprint density at radius 3 is 0.894 bits per heavy atom. The molecule has 66 heavy (non-hydrogen) atoms. The lowest BCUT2D eigenvalue weighted by atomic mass is 10.1. The predicted octanol–water partition coefficient (Wildman–Crippen LogP) is 19.0. The normalized spacial score (nSPS) is 12.3. The first-order valence-electron chi connectivity index (χ1n) is 28.6. The van der Waals surface area contributed by atoms with E-state index in [2.05, 4.69) is 69.4 Å². The van der Waals surface area contributed by atoms with E-state index in [4.69, 9.17) is 14.2 Å². The molecule has 0 spiro atoms. The molecule has 0 bridgehead atoms. The van der Waals surface area contributed by atoms with Gasteiger partial charge in [0.15, 0.2) is 6.10 Å². The Hall–Kier alpha value is -2.63. The van der Waals surface area contributed by atoms with E-state index in [0.717, 1.165) is 83.5 Å². The van der Waals surface area contributed by atoms with Gasteiger partial charge in [0.05, 0.1) is 0 Å². The number of allylic oxidation sites excluding steroid dienone is 8. The Morgan fingerprint density at radius 1 is 0.303 bits per heavy atom. The Kier molecular flexibility index (Phi) is 52.8. The summed E-state index contributed by atoms with van der Waals surface area (Å²) in [6.07, 6.45) is 66.7. The Labute approximate surface area is 409 Å².